The topological polar surface area (TPSA) is 84.5 Å². The van der Waals surface area contributed by atoms with Crippen LogP contribution in [0, 0.1) is 29.0 Å². The number of carbonyl (C=O) groups is 3. The predicted molar refractivity (Wildman–Crippen MR) is 108 cm³/mol. The van der Waals surface area contributed by atoms with Crippen LogP contribution in [-0.2, 0) is 14.3 Å². The minimum Gasteiger partial charge on any atom is -0.454 e. The average Bonchev–Trinajstić information content (AvgIpc) is 2.70. The van der Waals surface area contributed by atoms with Gasteiger partial charge in [-0.2, -0.15) is 0 Å². The minimum atomic E-state index is -0.739. The summed E-state index contributed by atoms with van der Waals surface area (Å²) in [6.07, 6.45) is 7.58. The van der Waals surface area contributed by atoms with E-state index in [9.17, 15) is 18.8 Å². The van der Waals surface area contributed by atoms with Gasteiger partial charge in [0.25, 0.3) is 11.8 Å². The van der Waals surface area contributed by atoms with Gasteiger partial charge in [0, 0.05) is 6.04 Å². The maximum atomic E-state index is 13.6. The van der Waals surface area contributed by atoms with Crippen LogP contribution in [0.25, 0.3) is 0 Å². The lowest BCUT2D eigenvalue weighted by atomic mass is 9.48. The highest BCUT2D eigenvalue weighted by molar-refractivity contribution is 5.96. The summed E-state index contributed by atoms with van der Waals surface area (Å²) in [4.78, 5) is 36.1. The van der Waals surface area contributed by atoms with Crippen molar-refractivity contribution >= 4 is 17.8 Å². The third-order valence-corrected chi connectivity index (χ3v) is 7.26. The van der Waals surface area contributed by atoms with E-state index in [1.54, 1.807) is 0 Å². The van der Waals surface area contributed by atoms with Gasteiger partial charge in [-0.25, -0.2) is 4.39 Å². The number of hydrogen-bond acceptors (Lipinski definition) is 4. The van der Waals surface area contributed by atoms with Gasteiger partial charge < -0.3 is 15.4 Å². The van der Waals surface area contributed by atoms with Gasteiger partial charge in [0.2, 0.25) is 0 Å². The number of rotatable bonds is 7. The zero-order valence-electron chi connectivity index (χ0n) is 17.3. The highest BCUT2D eigenvalue weighted by Crippen LogP contribution is 2.61. The fourth-order valence-corrected chi connectivity index (χ4v) is 6.23. The summed E-state index contributed by atoms with van der Waals surface area (Å²) in [5.41, 5.74) is 0.0368. The number of esters is 1. The van der Waals surface area contributed by atoms with Gasteiger partial charge in [-0.3, -0.25) is 14.4 Å². The Bertz CT molecular complexity index is 805. The summed E-state index contributed by atoms with van der Waals surface area (Å²) in [5.74, 6) is -0.0415. The molecule has 0 radical (unpaired) electrons. The first kappa shape index (κ1) is 20.8. The van der Waals surface area contributed by atoms with Crippen LogP contribution in [0.4, 0.5) is 4.39 Å². The fraction of sp³-hybridized carbons (Fsp3) is 0.609. The van der Waals surface area contributed by atoms with Crippen molar-refractivity contribution in [2.45, 2.75) is 51.5 Å². The lowest BCUT2D eigenvalue weighted by Gasteiger charge is -2.59. The second kappa shape index (κ2) is 8.36. The van der Waals surface area contributed by atoms with Gasteiger partial charge in [-0.05, 0) is 80.8 Å². The van der Waals surface area contributed by atoms with Crippen molar-refractivity contribution in [3.05, 3.63) is 35.6 Å². The second-order valence-electron chi connectivity index (χ2n) is 9.39. The molecule has 4 saturated carbocycles. The molecule has 4 bridgehead atoms. The first-order valence-electron chi connectivity index (χ1n) is 10.8. The van der Waals surface area contributed by atoms with Crippen molar-refractivity contribution in [3.8, 4) is 0 Å². The van der Waals surface area contributed by atoms with Crippen molar-refractivity contribution in [2.75, 3.05) is 13.2 Å². The quantitative estimate of drug-likeness (QED) is 0.670. The van der Waals surface area contributed by atoms with Crippen LogP contribution >= 0.6 is 0 Å². The lowest BCUT2D eigenvalue weighted by Crippen LogP contribution is -2.56. The van der Waals surface area contributed by atoms with Gasteiger partial charge in [0.05, 0.1) is 5.56 Å². The molecule has 0 heterocycles. The number of amides is 2. The Morgan fingerprint density at radius 3 is 2.30 bits per heavy atom. The number of benzene rings is 1. The molecule has 4 aliphatic rings. The van der Waals surface area contributed by atoms with Crippen molar-refractivity contribution in [1.82, 2.24) is 10.6 Å². The largest absolute Gasteiger partial charge is 0.454 e. The van der Waals surface area contributed by atoms with E-state index in [-0.39, 0.29) is 29.5 Å². The molecule has 7 heteroatoms. The Hall–Kier alpha value is -2.44. The summed E-state index contributed by atoms with van der Waals surface area (Å²) >= 11 is 0. The summed E-state index contributed by atoms with van der Waals surface area (Å²) in [6, 6.07) is 5.56. The SMILES string of the molecule is C[C@@H](NC(=O)COC(=O)CNC(=O)c1ccccc1F)C12CC3CC(CC(C3)C1)C2. The van der Waals surface area contributed by atoms with Gasteiger partial charge in [0.15, 0.2) is 6.61 Å². The maximum absolute atomic E-state index is 13.6. The minimum absolute atomic E-state index is 0.0536. The van der Waals surface area contributed by atoms with E-state index in [2.05, 4.69) is 17.6 Å². The Kier molecular flexibility index (Phi) is 5.80. The summed E-state index contributed by atoms with van der Waals surface area (Å²) in [6.45, 7) is 1.26. The van der Waals surface area contributed by atoms with E-state index in [4.69, 9.17) is 4.74 Å². The molecule has 1 aromatic rings. The van der Waals surface area contributed by atoms with Gasteiger partial charge >= 0.3 is 5.97 Å². The van der Waals surface area contributed by atoms with Crippen LogP contribution in [0.5, 0.6) is 0 Å². The van der Waals surface area contributed by atoms with E-state index in [1.807, 2.05) is 0 Å². The van der Waals surface area contributed by atoms with Gasteiger partial charge in [-0.1, -0.05) is 12.1 Å². The maximum Gasteiger partial charge on any atom is 0.325 e. The third-order valence-electron chi connectivity index (χ3n) is 7.26. The Balaban J connectivity index is 1.21. The van der Waals surface area contributed by atoms with Crippen molar-refractivity contribution in [1.29, 1.82) is 0 Å². The third kappa shape index (κ3) is 4.35. The molecule has 2 N–H and O–H groups in total. The van der Waals surface area contributed by atoms with Gasteiger partial charge in [-0.15, -0.1) is 0 Å². The summed E-state index contributed by atoms with van der Waals surface area (Å²) in [5, 5.41) is 5.35. The number of hydrogen-bond donors (Lipinski definition) is 2. The van der Waals surface area contributed by atoms with Crippen molar-refractivity contribution < 1.29 is 23.5 Å². The van der Waals surface area contributed by atoms with Crippen molar-refractivity contribution in [2.24, 2.45) is 23.2 Å². The molecule has 0 unspecified atom stereocenters. The molecule has 0 spiro atoms. The monoisotopic (exact) mass is 416 g/mol. The molecular formula is C23H29FN2O4. The predicted octanol–water partition coefficient (Wildman–Crippen LogP) is 2.82. The molecule has 4 fully saturated rings. The molecular weight excluding hydrogens is 387 g/mol. The van der Waals surface area contributed by atoms with Gasteiger partial charge in [0.1, 0.15) is 12.4 Å². The molecule has 6 nitrogen and oxygen atoms in total. The van der Waals surface area contributed by atoms with E-state index in [0.29, 0.717) is 0 Å². The average molecular weight is 416 g/mol. The smallest absolute Gasteiger partial charge is 0.325 e. The van der Waals surface area contributed by atoms with Crippen LogP contribution in [0.1, 0.15) is 55.8 Å². The molecule has 4 aliphatic carbocycles. The summed E-state index contributed by atoms with van der Waals surface area (Å²) < 4.78 is 18.6. The zero-order chi connectivity index (χ0) is 21.3. The molecule has 30 heavy (non-hydrogen) atoms. The standard InChI is InChI=1S/C23H29FN2O4/c1-14(23-9-15-6-16(10-23)8-17(7-15)11-23)26-20(27)13-30-21(28)12-25-22(29)18-4-2-3-5-19(18)24/h2-5,14-17H,6-13H2,1H3,(H,25,29)(H,26,27)/t14-,15?,16?,17?,23?/m1/s1. The number of carbonyl (C=O) groups excluding carboxylic acids is 3. The Labute approximate surface area is 175 Å². The highest BCUT2D eigenvalue weighted by Gasteiger charge is 2.53. The number of nitrogens with one attached hydrogen (secondary N) is 2. The molecule has 0 aromatic heterocycles. The summed E-state index contributed by atoms with van der Waals surface area (Å²) in [7, 11) is 0. The van der Waals surface area contributed by atoms with Crippen molar-refractivity contribution in [3.63, 3.8) is 0 Å². The number of halogens is 1. The molecule has 5 rings (SSSR count). The fourth-order valence-electron chi connectivity index (χ4n) is 6.23. The molecule has 162 valence electrons. The van der Waals surface area contributed by atoms with Crippen LogP contribution < -0.4 is 10.6 Å². The first-order valence-corrected chi connectivity index (χ1v) is 10.8. The molecule has 0 saturated heterocycles. The van der Waals surface area contributed by atoms with Crippen LogP contribution in [0.15, 0.2) is 24.3 Å². The highest BCUT2D eigenvalue weighted by atomic mass is 19.1. The number of ether oxygens (including phenoxy) is 1. The lowest BCUT2D eigenvalue weighted by molar-refractivity contribution is -0.148. The van der Waals surface area contributed by atoms with Crippen LogP contribution in [0.2, 0.25) is 0 Å². The Morgan fingerprint density at radius 2 is 1.70 bits per heavy atom. The van der Waals surface area contributed by atoms with E-state index in [0.717, 1.165) is 17.8 Å². The first-order chi connectivity index (χ1) is 14.3. The molecule has 0 aliphatic heterocycles. The second-order valence-corrected chi connectivity index (χ2v) is 9.39. The van der Waals surface area contributed by atoms with E-state index in [1.165, 1.54) is 62.8 Å². The van der Waals surface area contributed by atoms with Crippen LogP contribution in [0.3, 0.4) is 0 Å². The molecule has 1 aromatic carbocycles. The molecule has 2 amide bonds. The van der Waals surface area contributed by atoms with E-state index < -0.39 is 24.2 Å². The van der Waals surface area contributed by atoms with E-state index >= 15 is 0 Å². The molecule has 1 atom stereocenters. The Morgan fingerprint density at radius 1 is 1.10 bits per heavy atom. The zero-order valence-corrected chi connectivity index (χ0v) is 17.3. The van der Waals surface area contributed by atoms with Crippen LogP contribution in [-0.4, -0.2) is 37.0 Å². The normalized spacial score (nSPS) is 29.9.